The summed E-state index contributed by atoms with van der Waals surface area (Å²) in [4.78, 5) is 0. The highest BCUT2D eigenvalue weighted by Crippen LogP contribution is 1.89. The summed E-state index contributed by atoms with van der Waals surface area (Å²) in [5.41, 5.74) is 0. The van der Waals surface area contributed by atoms with Crippen molar-refractivity contribution in [1.29, 1.82) is 0 Å². The van der Waals surface area contributed by atoms with E-state index < -0.39 is 0 Å². The molecule has 0 heterocycles. The minimum absolute atomic E-state index is 0.0208. The van der Waals surface area contributed by atoms with Crippen LogP contribution in [0.1, 0.15) is 6.92 Å². The molecule has 0 fully saturated rings. The molecule has 0 amide bonds. The summed E-state index contributed by atoms with van der Waals surface area (Å²) in [7, 11) is 0. The van der Waals surface area contributed by atoms with Crippen molar-refractivity contribution in [3.05, 3.63) is 0 Å². The lowest BCUT2D eigenvalue weighted by Crippen LogP contribution is -1.94. The van der Waals surface area contributed by atoms with Crippen LogP contribution < -0.4 is 0 Å². The Morgan fingerprint density at radius 2 is 2.50 bits per heavy atom. The summed E-state index contributed by atoms with van der Waals surface area (Å²) in [6.45, 7) is 1.80. The van der Waals surface area contributed by atoms with Crippen molar-refractivity contribution in [2.45, 2.75) is 12.3 Å². The second-order valence-corrected chi connectivity index (χ2v) is 2.38. The summed E-state index contributed by atoms with van der Waals surface area (Å²) in [5.74, 6) is 0.502. The normalized spacial score (nSPS) is 13.7. The van der Waals surface area contributed by atoms with Gasteiger partial charge in [-0.05, 0) is 6.92 Å². The lowest BCUT2D eigenvalue weighted by atomic mass is 10.6. The molecular formula is C3H6ClOS+. The molecule has 0 aliphatic heterocycles. The van der Waals surface area contributed by atoms with Gasteiger partial charge in [0, 0.05) is 4.21 Å². The van der Waals surface area contributed by atoms with E-state index >= 15 is 0 Å². The fourth-order valence-electron chi connectivity index (χ4n) is 0.0938. The van der Waals surface area contributed by atoms with Gasteiger partial charge in [0.1, 0.15) is 0 Å². The van der Waals surface area contributed by atoms with Crippen LogP contribution in [0.3, 0.4) is 0 Å². The van der Waals surface area contributed by atoms with E-state index in [-0.39, 0.29) is 5.38 Å². The third-order valence-corrected chi connectivity index (χ3v) is 1.27. The topological polar surface area (TPSA) is 17.1 Å². The van der Waals surface area contributed by atoms with Crippen LogP contribution in [0, 0.1) is 0 Å². The van der Waals surface area contributed by atoms with Gasteiger partial charge >= 0.3 is 11.7 Å². The van der Waals surface area contributed by atoms with E-state index in [1.54, 1.807) is 6.92 Å². The maximum absolute atomic E-state index is 9.57. The van der Waals surface area contributed by atoms with Crippen LogP contribution in [0.2, 0.25) is 0 Å². The molecule has 6 heavy (non-hydrogen) atoms. The Hall–Kier alpha value is 0.310. The Bertz CT molecular complexity index is 46.1. The molecule has 0 aromatic rings. The van der Waals surface area contributed by atoms with Gasteiger partial charge in [-0.15, -0.1) is 11.6 Å². The Balaban J connectivity index is 2.81. The third kappa shape index (κ3) is 4.31. The Labute approximate surface area is 46.2 Å². The molecule has 0 aliphatic carbocycles. The SMILES string of the molecule is CC(Cl)C[S+]=O. The largest absolute Gasteiger partial charge is 0.460 e. The minimum Gasteiger partial charge on any atom is -0.117 e. The average molecular weight is 126 g/mol. The minimum atomic E-state index is 0.0208. The molecule has 1 unspecified atom stereocenters. The lowest BCUT2D eigenvalue weighted by Gasteiger charge is -1.76. The first-order chi connectivity index (χ1) is 2.77. The molecule has 36 valence electrons. The zero-order chi connectivity index (χ0) is 4.99. The Morgan fingerprint density at radius 1 is 2.00 bits per heavy atom. The fourth-order valence-corrected chi connectivity index (χ4v) is 0.436. The monoisotopic (exact) mass is 125 g/mol. The van der Waals surface area contributed by atoms with Gasteiger partial charge < -0.3 is 0 Å². The molecule has 0 rings (SSSR count). The molecule has 0 radical (unpaired) electrons. The predicted octanol–water partition coefficient (Wildman–Crippen LogP) is 1.04. The highest BCUT2D eigenvalue weighted by Gasteiger charge is 2.03. The van der Waals surface area contributed by atoms with Crippen molar-refractivity contribution in [2.75, 3.05) is 5.75 Å². The summed E-state index contributed by atoms with van der Waals surface area (Å²) in [6, 6.07) is 0. The number of halogens is 1. The highest BCUT2D eigenvalue weighted by molar-refractivity contribution is 7.65. The first-order valence-electron chi connectivity index (χ1n) is 1.66. The number of rotatable bonds is 2. The van der Waals surface area contributed by atoms with E-state index in [2.05, 4.69) is 0 Å². The third-order valence-electron chi connectivity index (χ3n) is 0.298. The molecule has 0 aromatic heterocycles. The fraction of sp³-hybridized carbons (Fsp3) is 1.00. The van der Waals surface area contributed by atoms with Crippen molar-refractivity contribution in [2.24, 2.45) is 0 Å². The predicted molar refractivity (Wildman–Crippen MR) is 28.2 cm³/mol. The number of hydrogen-bond acceptors (Lipinski definition) is 1. The van der Waals surface area contributed by atoms with E-state index in [9.17, 15) is 4.21 Å². The quantitative estimate of drug-likeness (QED) is 0.398. The van der Waals surface area contributed by atoms with Crippen LogP contribution >= 0.6 is 11.6 Å². The molecule has 0 aliphatic rings. The van der Waals surface area contributed by atoms with E-state index in [0.717, 1.165) is 0 Å². The Morgan fingerprint density at radius 3 is 2.50 bits per heavy atom. The molecule has 0 spiro atoms. The molecular weight excluding hydrogens is 120 g/mol. The summed E-state index contributed by atoms with van der Waals surface area (Å²) in [5, 5.41) is 0.0208. The second kappa shape index (κ2) is 3.50. The van der Waals surface area contributed by atoms with Crippen molar-refractivity contribution in [3.8, 4) is 0 Å². The van der Waals surface area contributed by atoms with Crippen molar-refractivity contribution in [1.82, 2.24) is 0 Å². The lowest BCUT2D eigenvalue weighted by molar-refractivity contribution is 0.604. The van der Waals surface area contributed by atoms with E-state index in [1.165, 1.54) is 0 Å². The zero-order valence-electron chi connectivity index (χ0n) is 3.48. The molecule has 0 N–H and O–H groups in total. The van der Waals surface area contributed by atoms with Gasteiger partial charge in [0.15, 0.2) is 0 Å². The van der Waals surface area contributed by atoms with Gasteiger partial charge in [-0.25, -0.2) is 0 Å². The summed E-state index contributed by atoms with van der Waals surface area (Å²) >= 11 is 5.88. The first kappa shape index (κ1) is 6.31. The van der Waals surface area contributed by atoms with Crippen LogP contribution in [0.4, 0.5) is 0 Å². The molecule has 0 aromatic carbocycles. The maximum atomic E-state index is 9.57. The van der Waals surface area contributed by atoms with Crippen LogP contribution in [0.25, 0.3) is 0 Å². The van der Waals surface area contributed by atoms with Gasteiger partial charge in [0.25, 0.3) is 0 Å². The van der Waals surface area contributed by atoms with Gasteiger partial charge in [-0.1, -0.05) is 0 Å². The van der Waals surface area contributed by atoms with Gasteiger partial charge in [0.05, 0.1) is 5.38 Å². The molecule has 0 saturated carbocycles. The number of hydrogen-bond donors (Lipinski definition) is 0. The van der Waals surface area contributed by atoms with Crippen molar-refractivity contribution in [3.63, 3.8) is 0 Å². The molecule has 0 bridgehead atoms. The Kier molecular flexibility index (Phi) is 3.68. The molecule has 1 atom stereocenters. The van der Waals surface area contributed by atoms with Crippen LogP contribution in [0.15, 0.2) is 0 Å². The molecule has 3 heteroatoms. The smallest absolute Gasteiger partial charge is 0.117 e. The van der Waals surface area contributed by atoms with E-state index in [0.29, 0.717) is 17.4 Å². The van der Waals surface area contributed by atoms with Crippen LogP contribution in [0.5, 0.6) is 0 Å². The summed E-state index contributed by atoms with van der Waals surface area (Å²) in [6.07, 6.45) is 0. The van der Waals surface area contributed by atoms with E-state index in [1.807, 2.05) is 0 Å². The van der Waals surface area contributed by atoms with Gasteiger partial charge in [0.2, 0.25) is 5.75 Å². The first-order valence-corrected chi connectivity index (χ1v) is 3.01. The number of alkyl halides is 1. The van der Waals surface area contributed by atoms with Gasteiger partial charge in [-0.2, -0.15) is 0 Å². The van der Waals surface area contributed by atoms with Crippen LogP contribution in [-0.4, -0.2) is 11.1 Å². The van der Waals surface area contributed by atoms with Gasteiger partial charge in [-0.3, -0.25) is 0 Å². The average Bonchev–Trinajstić information content (AvgIpc) is 1.35. The standard InChI is InChI=1S/C3H6ClOS/c1-3(4)2-6-5/h3H,2H2,1H3/q+1. The summed E-state index contributed by atoms with van der Waals surface area (Å²) < 4.78 is 9.57. The van der Waals surface area contributed by atoms with Crippen LogP contribution in [-0.2, 0) is 15.9 Å². The molecule has 0 saturated heterocycles. The second-order valence-electron chi connectivity index (χ2n) is 1.07. The maximum Gasteiger partial charge on any atom is 0.460 e. The zero-order valence-corrected chi connectivity index (χ0v) is 5.05. The highest BCUT2D eigenvalue weighted by atomic mass is 35.5. The molecule has 1 nitrogen and oxygen atoms in total. The van der Waals surface area contributed by atoms with Crippen molar-refractivity contribution < 1.29 is 4.21 Å². The van der Waals surface area contributed by atoms with E-state index in [4.69, 9.17) is 11.6 Å². The van der Waals surface area contributed by atoms with Crippen molar-refractivity contribution >= 4 is 23.3 Å².